The summed E-state index contributed by atoms with van der Waals surface area (Å²) in [6.07, 6.45) is 0.678. The van der Waals surface area contributed by atoms with Gasteiger partial charge in [0.05, 0.1) is 19.6 Å². The molecular formula is C18H26ClN3O4. The second kappa shape index (κ2) is 10.5. The topological polar surface area (TPSA) is 90.9 Å². The normalized spacial score (nSPS) is 16.2. The van der Waals surface area contributed by atoms with Crippen LogP contribution in [0.2, 0.25) is 5.02 Å². The Balaban J connectivity index is 1.76. The molecule has 0 aromatic heterocycles. The van der Waals surface area contributed by atoms with Crippen LogP contribution in [0.3, 0.4) is 0 Å². The highest BCUT2D eigenvalue weighted by atomic mass is 35.5. The first-order valence-corrected chi connectivity index (χ1v) is 9.16. The zero-order valence-corrected chi connectivity index (χ0v) is 15.7. The van der Waals surface area contributed by atoms with Gasteiger partial charge in [0.1, 0.15) is 6.04 Å². The van der Waals surface area contributed by atoms with E-state index in [4.69, 9.17) is 16.3 Å². The molecule has 8 heteroatoms. The molecule has 0 saturated carbocycles. The van der Waals surface area contributed by atoms with E-state index in [1.54, 1.807) is 25.1 Å². The fraction of sp³-hybridized carbons (Fsp3) is 0.556. The molecular weight excluding hydrogens is 358 g/mol. The average molecular weight is 384 g/mol. The molecule has 0 spiro atoms. The van der Waals surface area contributed by atoms with Crippen LogP contribution in [0.5, 0.6) is 0 Å². The SMILES string of the molecule is Cc1c(Cl)cccc1NC(=O)C[C@H](NCCCN1CCOCC1)C(=O)O. The van der Waals surface area contributed by atoms with Crippen molar-refractivity contribution in [2.45, 2.75) is 25.8 Å². The van der Waals surface area contributed by atoms with Crippen LogP contribution in [0.25, 0.3) is 0 Å². The van der Waals surface area contributed by atoms with Gasteiger partial charge in [-0.05, 0) is 44.1 Å². The molecule has 1 fully saturated rings. The fourth-order valence-electron chi connectivity index (χ4n) is 2.78. The van der Waals surface area contributed by atoms with Crippen molar-refractivity contribution in [2.75, 3.05) is 44.7 Å². The van der Waals surface area contributed by atoms with Gasteiger partial charge in [0.25, 0.3) is 0 Å². The van der Waals surface area contributed by atoms with Crippen LogP contribution >= 0.6 is 11.6 Å². The number of carbonyl (C=O) groups is 2. The summed E-state index contributed by atoms with van der Waals surface area (Å²) in [5.41, 5.74) is 1.35. The maximum absolute atomic E-state index is 12.2. The van der Waals surface area contributed by atoms with Crippen molar-refractivity contribution in [3.8, 4) is 0 Å². The van der Waals surface area contributed by atoms with E-state index >= 15 is 0 Å². The molecule has 3 N–H and O–H groups in total. The summed E-state index contributed by atoms with van der Waals surface area (Å²) in [5.74, 6) is -1.39. The molecule has 0 radical (unpaired) electrons. The summed E-state index contributed by atoms with van der Waals surface area (Å²) >= 11 is 6.03. The third kappa shape index (κ3) is 6.57. The quantitative estimate of drug-likeness (QED) is 0.563. The van der Waals surface area contributed by atoms with Crippen LogP contribution in [-0.2, 0) is 14.3 Å². The maximum atomic E-state index is 12.2. The number of amides is 1. The number of carbonyl (C=O) groups excluding carboxylic acids is 1. The van der Waals surface area contributed by atoms with E-state index in [0.29, 0.717) is 17.3 Å². The molecule has 1 aromatic carbocycles. The van der Waals surface area contributed by atoms with Gasteiger partial charge in [0, 0.05) is 23.8 Å². The van der Waals surface area contributed by atoms with Gasteiger partial charge in [-0.2, -0.15) is 0 Å². The first-order valence-electron chi connectivity index (χ1n) is 8.78. The highest BCUT2D eigenvalue weighted by Crippen LogP contribution is 2.23. The first kappa shape index (κ1) is 20.6. The molecule has 1 aromatic rings. The van der Waals surface area contributed by atoms with E-state index in [1.807, 2.05) is 0 Å². The molecule has 144 valence electrons. The predicted octanol–water partition coefficient (Wildman–Crippen LogP) is 1.74. The third-order valence-electron chi connectivity index (χ3n) is 4.37. The van der Waals surface area contributed by atoms with Gasteiger partial charge in [-0.3, -0.25) is 14.5 Å². The number of nitrogens with one attached hydrogen (secondary N) is 2. The summed E-state index contributed by atoms with van der Waals surface area (Å²) in [6, 6.07) is 4.30. The molecule has 1 saturated heterocycles. The van der Waals surface area contributed by atoms with E-state index in [9.17, 15) is 14.7 Å². The number of aliphatic carboxylic acids is 1. The van der Waals surface area contributed by atoms with Crippen molar-refractivity contribution >= 4 is 29.2 Å². The standard InChI is InChI=1S/C18H26ClN3O4/c1-13-14(19)4-2-5-15(13)21-17(23)12-16(18(24)25)20-6-3-7-22-8-10-26-11-9-22/h2,4-5,16,20H,3,6-12H2,1H3,(H,21,23)(H,24,25)/t16-/m0/s1. The van der Waals surface area contributed by atoms with Crippen molar-refractivity contribution in [1.29, 1.82) is 0 Å². The minimum Gasteiger partial charge on any atom is -0.480 e. The Morgan fingerprint density at radius 3 is 2.77 bits per heavy atom. The lowest BCUT2D eigenvalue weighted by molar-refractivity contribution is -0.141. The zero-order chi connectivity index (χ0) is 18.9. The maximum Gasteiger partial charge on any atom is 0.321 e. The number of carboxylic acid groups (broad SMARTS) is 1. The highest BCUT2D eigenvalue weighted by Gasteiger charge is 2.21. The Kier molecular flexibility index (Phi) is 8.31. The van der Waals surface area contributed by atoms with Gasteiger partial charge in [-0.15, -0.1) is 0 Å². The Bertz CT molecular complexity index is 620. The monoisotopic (exact) mass is 383 g/mol. The molecule has 1 amide bonds. The molecule has 0 aliphatic carbocycles. The number of halogens is 1. The minimum atomic E-state index is -1.03. The second-order valence-electron chi connectivity index (χ2n) is 6.32. The number of rotatable bonds is 9. The van der Waals surface area contributed by atoms with Gasteiger partial charge in [0.2, 0.25) is 5.91 Å². The highest BCUT2D eigenvalue weighted by molar-refractivity contribution is 6.31. The van der Waals surface area contributed by atoms with E-state index in [1.165, 1.54) is 0 Å². The molecule has 0 bridgehead atoms. The summed E-state index contributed by atoms with van der Waals surface area (Å²) in [4.78, 5) is 25.9. The number of anilines is 1. The Hall–Kier alpha value is -1.67. The molecule has 1 heterocycles. The smallest absolute Gasteiger partial charge is 0.321 e. The van der Waals surface area contributed by atoms with Crippen molar-refractivity contribution in [1.82, 2.24) is 10.2 Å². The number of benzene rings is 1. The molecule has 1 aliphatic rings. The van der Waals surface area contributed by atoms with Crippen LogP contribution in [-0.4, -0.2) is 67.3 Å². The van der Waals surface area contributed by atoms with E-state index in [0.717, 1.165) is 44.8 Å². The van der Waals surface area contributed by atoms with Crippen LogP contribution < -0.4 is 10.6 Å². The third-order valence-corrected chi connectivity index (χ3v) is 4.78. The number of morpholine rings is 1. The zero-order valence-electron chi connectivity index (χ0n) is 15.0. The molecule has 7 nitrogen and oxygen atoms in total. The van der Waals surface area contributed by atoms with Gasteiger partial charge in [-0.25, -0.2) is 0 Å². The van der Waals surface area contributed by atoms with Gasteiger partial charge < -0.3 is 20.5 Å². The Morgan fingerprint density at radius 2 is 2.08 bits per heavy atom. The van der Waals surface area contributed by atoms with E-state index in [-0.39, 0.29) is 12.3 Å². The fourth-order valence-corrected chi connectivity index (χ4v) is 2.95. The van der Waals surface area contributed by atoms with E-state index in [2.05, 4.69) is 15.5 Å². The second-order valence-corrected chi connectivity index (χ2v) is 6.72. The molecule has 26 heavy (non-hydrogen) atoms. The number of ether oxygens (including phenoxy) is 1. The van der Waals surface area contributed by atoms with Crippen LogP contribution in [0.4, 0.5) is 5.69 Å². The Morgan fingerprint density at radius 1 is 1.35 bits per heavy atom. The largest absolute Gasteiger partial charge is 0.480 e. The van der Waals surface area contributed by atoms with Crippen molar-refractivity contribution < 1.29 is 19.4 Å². The number of hydrogen-bond donors (Lipinski definition) is 3. The number of hydrogen-bond acceptors (Lipinski definition) is 5. The van der Waals surface area contributed by atoms with E-state index < -0.39 is 12.0 Å². The molecule has 1 aliphatic heterocycles. The van der Waals surface area contributed by atoms with Crippen LogP contribution in [0.15, 0.2) is 18.2 Å². The lowest BCUT2D eigenvalue weighted by Gasteiger charge is -2.26. The summed E-state index contributed by atoms with van der Waals surface area (Å²) < 4.78 is 5.30. The average Bonchev–Trinajstić information content (AvgIpc) is 2.62. The molecule has 1 atom stereocenters. The lowest BCUT2D eigenvalue weighted by atomic mass is 10.1. The Labute approximate surface area is 158 Å². The summed E-state index contributed by atoms with van der Waals surface area (Å²) in [6.45, 7) is 6.53. The van der Waals surface area contributed by atoms with Crippen LogP contribution in [0, 0.1) is 6.92 Å². The minimum absolute atomic E-state index is 0.140. The van der Waals surface area contributed by atoms with Crippen LogP contribution in [0.1, 0.15) is 18.4 Å². The molecule has 2 rings (SSSR count). The number of carboxylic acids is 1. The van der Waals surface area contributed by atoms with Crippen molar-refractivity contribution in [3.63, 3.8) is 0 Å². The summed E-state index contributed by atoms with van der Waals surface area (Å²) in [7, 11) is 0. The molecule has 0 unspecified atom stereocenters. The van der Waals surface area contributed by atoms with Crippen molar-refractivity contribution in [2.24, 2.45) is 0 Å². The van der Waals surface area contributed by atoms with Crippen molar-refractivity contribution in [3.05, 3.63) is 28.8 Å². The van der Waals surface area contributed by atoms with Gasteiger partial charge in [0.15, 0.2) is 0 Å². The van der Waals surface area contributed by atoms with Gasteiger partial charge in [-0.1, -0.05) is 17.7 Å². The lowest BCUT2D eigenvalue weighted by Crippen LogP contribution is -2.42. The number of nitrogens with zero attached hydrogens (tertiary/aromatic N) is 1. The summed E-state index contributed by atoms with van der Waals surface area (Å²) in [5, 5.41) is 15.6. The van der Waals surface area contributed by atoms with Gasteiger partial charge >= 0.3 is 5.97 Å². The predicted molar refractivity (Wildman–Crippen MR) is 101 cm³/mol. The first-order chi connectivity index (χ1) is 12.5.